The third-order valence-electron chi connectivity index (χ3n) is 2.12. The van der Waals surface area contributed by atoms with Crippen LogP contribution in [0.5, 0.6) is 0 Å². The third kappa shape index (κ3) is 5.72. The first-order valence-electron chi connectivity index (χ1n) is 5.71. The van der Waals surface area contributed by atoms with Gasteiger partial charge in [0, 0.05) is 11.5 Å². The minimum Gasteiger partial charge on any atom is -0.465 e. The summed E-state index contributed by atoms with van der Waals surface area (Å²) in [4.78, 5) is 11.8. The molecule has 0 aromatic rings. The molecule has 2 N–H and O–H groups in total. The van der Waals surface area contributed by atoms with E-state index in [4.69, 9.17) is 9.84 Å². The normalized spacial score (nSPS) is 14.5. The van der Waals surface area contributed by atoms with Crippen molar-refractivity contribution in [1.29, 1.82) is 0 Å². The zero-order valence-corrected chi connectivity index (χ0v) is 11.2. The zero-order valence-electron chi connectivity index (χ0n) is 10.4. The second-order valence-corrected chi connectivity index (χ2v) is 4.86. The quantitative estimate of drug-likeness (QED) is 0.472. The lowest BCUT2D eigenvalue weighted by molar-refractivity contribution is -0.149. The van der Waals surface area contributed by atoms with E-state index in [0.29, 0.717) is 18.1 Å². The van der Waals surface area contributed by atoms with Gasteiger partial charge in [0.25, 0.3) is 0 Å². The van der Waals surface area contributed by atoms with Crippen LogP contribution in [0.3, 0.4) is 0 Å². The molecule has 0 aliphatic rings. The summed E-state index contributed by atoms with van der Waals surface area (Å²) in [5, 5.41) is 11.9. The Balaban J connectivity index is 4.28. The van der Waals surface area contributed by atoms with E-state index in [1.165, 1.54) is 0 Å². The van der Waals surface area contributed by atoms with E-state index in [9.17, 15) is 4.79 Å². The lowest BCUT2D eigenvalue weighted by Crippen LogP contribution is -2.53. The molecule has 5 heteroatoms. The smallest absolute Gasteiger partial charge is 0.326 e. The van der Waals surface area contributed by atoms with Crippen LogP contribution in [0.1, 0.15) is 27.2 Å². The summed E-state index contributed by atoms with van der Waals surface area (Å²) < 4.78 is 5.06. The molecule has 0 aliphatic carbocycles. The molecule has 0 aromatic heterocycles. The number of rotatable bonds is 9. The molecule has 0 saturated carbocycles. The summed E-state index contributed by atoms with van der Waals surface area (Å²) in [5.74, 6) is 1.05. The number of thioether (sulfide) groups is 1. The average Bonchev–Trinajstić information content (AvgIpc) is 2.27. The second kappa shape index (κ2) is 8.84. The van der Waals surface area contributed by atoms with Gasteiger partial charge in [-0.05, 0) is 26.8 Å². The van der Waals surface area contributed by atoms with Gasteiger partial charge in [0.15, 0.2) is 0 Å². The average molecular weight is 249 g/mol. The summed E-state index contributed by atoms with van der Waals surface area (Å²) in [5.41, 5.74) is -0.647. The Morgan fingerprint density at radius 2 is 2.19 bits per heavy atom. The van der Waals surface area contributed by atoms with Crippen molar-refractivity contribution >= 4 is 17.7 Å². The maximum atomic E-state index is 11.8. The molecule has 16 heavy (non-hydrogen) atoms. The number of hydrogen-bond donors (Lipinski definition) is 2. The van der Waals surface area contributed by atoms with Crippen LogP contribution in [0.4, 0.5) is 0 Å². The third-order valence-corrected chi connectivity index (χ3v) is 3.37. The number of carbonyl (C=O) groups is 1. The summed E-state index contributed by atoms with van der Waals surface area (Å²) in [6.07, 6.45) is 0.972. The first-order chi connectivity index (χ1) is 7.60. The predicted octanol–water partition coefficient (Wildman–Crippen LogP) is 1.03. The fourth-order valence-corrected chi connectivity index (χ4v) is 2.12. The van der Waals surface area contributed by atoms with E-state index in [1.807, 2.05) is 6.92 Å². The molecule has 0 aliphatic heterocycles. The van der Waals surface area contributed by atoms with Crippen molar-refractivity contribution in [3.05, 3.63) is 0 Å². The first kappa shape index (κ1) is 15.7. The van der Waals surface area contributed by atoms with Crippen LogP contribution in [0.25, 0.3) is 0 Å². The summed E-state index contributed by atoms with van der Waals surface area (Å²) in [7, 11) is 0. The maximum absolute atomic E-state index is 11.8. The van der Waals surface area contributed by atoms with Crippen molar-refractivity contribution in [3.63, 3.8) is 0 Å². The van der Waals surface area contributed by atoms with Crippen LogP contribution in [0.2, 0.25) is 0 Å². The molecule has 0 radical (unpaired) electrons. The number of aliphatic hydroxyl groups is 1. The molecule has 0 heterocycles. The van der Waals surface area contributed by atoms with Gasteiger partial charge in [-0.25, -0.2) is 0 Å². The zero-order chi connectivity index (χ0) is 12.4. The SMILES string of the molecule is CCCNC(C)(CSCCO)C(=O)OCC. The van der Waals surface area contributed by atoms with Crippen molar-refractivity contribution in [2.24, 2.45) is 0 Å². The van der Waals surface area contributed by atoms with E-state index in [1.54, 1.807) is 18.7 Å². The summed E-state index contributed by atoms with van der Waals surface area (Å²) in [6.45, 7) is 7.03. The predicted molar refractivity (Wildman–Crippen MR) is 67.7 cm³/mol. The van der Waals surface area contributed by atoms with Crippen LogP contribution in [0, 0.1) is 0 Å². The van der Waals surface area contributed by atoms with Gasteiger partial charge in [0.1, 0.15) is 5.54 Å². The number of carbonyl (C=O) groups excluding carboxylic acids is 1. The minimum atomic E-state index is -0.647. The van der Waals surface area contributed by atoms with Gasteiger partial charge in [-0.3, -0.25) is 4.79 Å². The van der Waals surface area contributed by atoms with Crippen molar-refractivity contribution in [2.75, 3.05) is 31.3 Å². The molecule has 96 valence electrons. The molecule has 0 saturated heterocycles. The fourth-order valence-electron chi connectivity index (χ4n) is 1.21. The Morgan fingerprint density at radius 1 is 1.50 bits per heavy atom. The van der Waals surface area contributed by atoms with Gasteiger partial charge in [-0.2, -0.15) is 11.8 Å². The van der Waals surface area contributed by atoms with E-state index in [-0.39, 0.29) is 12.6 Å². The number of ether oxygens (including phenoxy) is 1. The number of nitrogens with one attached hydrogen (secondary N) is 1. The molecular weight excluding hydrogens is 226 g/mol. The molecule has 0 fully saturated rings. The fraction of sp³-hybridized carbons (Fsp3) is 0.909. The van der Waals surface area contributed by atoms with Gasteiger partial charge in [-0.1, -0.05) is 6.92 Å². The van der Waals surface area contributed by atoms with Crippen LogP contribution < -0.4 is 5.32 Å². The second-order valence-electron chi connectivity index (χ2n) is 3.76. The molecule has 0 spiro atoms. The molecule has 0 amide bonds. The topological polar surface area (TPSA) is 58.6 Å². The van der Waals surface area contributed by atoms with Gasteiger partial charge in [-0.15, -0.1) is 0 Å². The Labute approximate surface area is 102 Å². The standard InChI is InChI=1S/C11H23NO3S/c1-4-6-12-11(3,9-16-8-7-13)10(14)15-5-2/h12-13H,4-9H2,1-3H3. The Hall–Kier alpha value is -0.260. The first-order valence-corrected chi connectivity index (χ1v) is 6.87. The molecule has 0 bridgehead atoms. The van der Waals surface area contributed by atoms with Crippen LogP contribution in [-0.2, 0) is 9.53 Å². The molecule has 0 rings (SSSR count). The Bertz CT molecular complexity index is 202. The molecule has 0 aromatic carbocycles. The molecule has 4 nitrogen and oxygen atoms in total. The van der Waals surface area contributed by atoms with E-state index in [0.717, 1.165) is 13.0 Å². The van der Waals surface area contributed by atoms with Crippen LogP contribution in [0.15, 0.2) is 0 Å². The summed E-state index contributed by atoms with van der Waals surface area (Å²) >= 11 is 1.55. The van der Waals surface area contributed by atoms with Gasteiger partial charge in [0.05, 0.1) is 13.2 Å². The number of hydrogen-bond acceptors (Lipinski definition) is 5. The lowest BCUT2D eigenvalue weighted by Gasteiger charge is -2.28. The van der Waals surface area contributed by atoms with Gasteiger partial charge >= 0.3 is 5.97 Å². The molecule has 1 atom stereocenters. The highest BCUT2D eigenvalue weighted by Gasteiger charge is 2.33. The monoisotopic (exact) mass is 249 g/mol. The lowest BCUT2D eigenvalue weighted by atomic mass is 10.1. The summed E-state index contributed by atoms with van der Waals surface area (Å²) in [6, 6.07) is 0. The van der Waals surface area contributed by atoms with Crippen molar-refractivity contribution in [2.45, 2.75) is 32.7 Å². The highest BCUT2D eigenvalue weighted by atomic mass is 32.2. The van der Waals surface area contributed by atoms with Crippen LogP contribution in [-0.4, -0.2) is 47.9 Å². The highest BCUT2D eigenvalue weighted by Crippen LogP contribution is 2.15. The largest absolute Gasteiger partial charge is 0.465 e. The van der Waals surface area contributed by atoms with E-state index >= 15 is 0 Å². The van der Waals surface area contributed by atoms with Crippen molar-refractivity contribution in [3.8, 4) is 0 Å². The van der Waals surface area contributed by atoms with Crippen LogP contribution >= 0.6 is 11.8 Å². The molecular formula is C11H23NO3S. The van der Waals surface area contributed by atoms with Crippen molar-refractivity contribution < 1.29 is 14.6 Å². The van der Waals surface area contributed by atoms with E-state index < -0.39 is 5.54 Å². The Morgan fingerprint density at radius 3 is 2.69 bits per heavy atom. The van der Waals surface area contributed by atoms with Gasteiger partial charge in [0.2, 0.25) is 0 Å². The van der Waals surface area contributed by atoms with Gasteiger partial charge < -0.3 is 15.2 Å². The van der Waals surface area contributed by atoms with Crippen molar-refractivity contribution in [1.82, 2.24) is 5.32 Å². The number of esters is 1. The minimum absolute atomic E-state index is 0.136. The molecule has 1 unspecified atom stereocenters. The Kier molecular flexibility index (Phi) is 8.70. The number of aliphatic hydroxyl groups excluding tert-OH is 1. The maximum Gasteiger partial charge on any atom is 0.326 e. The van der Waals surface area contributed by atoms with E-state index in [2.05, 4.69) is 12.2 Å². The highest BCUT2D eigenvalue weighted by molar-refractivity contribution is 7.99.